The lowest BCUT2D eigenvalue weighted by atomic mass is 9.92. The van der Waals surface area contributed by atoms with Gasteiger partial charge in [-0.2, -0.15) is 11.8 Å². The second-order valence-corrected chi connectivity index (χ2v) is 4.91. The van der Waals surface area contributed by atoms with Crippen LogP contribution >= 0.6 is 11.8 Å². The number of carbonyl (C=O) groups excluding carboxylic acids is 1. The van der Waals surface area contributed by atoms with Gasteiger partial charge in [0, 0.05) is 6.61 Å². The van der Waals surface area contributed by atoms with Crippen molar-refractivity contribution in [3.8, 4) is 0 Å². The van der Waals surface area contributed by atoms with E-state index in [1.165, 1.54) is 0 Å². The van der Waals surface area contributed by atoms with E-state index in [-0.39, 0.29) is 12.5 Å². The molecule has 2 N–H and O–H groups in total. The Labute approximate surface area is 98.9 Å². The highest BCUT2D eigenvalue weighted by molar-refractivity contribution is 7.99. The highest BCUT2D eigenvalue weighted by Crippen LogP contribution is 2.27. The molecular formula is C10H17NO4S. The van der Waals surface area contributed by atoms with E-state index in [2.05, 4.69) is 5.32 Å². The number of carbonyl (C=O) groups is 2. The van der Waals surface area contributed by atoms with Crippen molar-refractivity contribution in [2.75, 3.05) is 24.7 Å². The van der Waals surface area contributed by atoms with Crippen molar-refractivity contribution in [3.05, 3.63) is 0 Å². The monoisotopic (exact) mass is 247 g/mol. The molecule has 0 aliphatic carbocycles. The maximum absolute atomic E-state index is 11.5. The first kappa shape index (κ1) is 13.3. The quantitative estimate of drug-likeness (QED) is 0.739. The number of carboxylic acid groups (broad SMARTS) is 1. The van der Waals surface area contributed by atoms with E-state index in [9.17, 15) is 14.7 Å². The third-order valence-corrected chi connectivity index (χ3v) is 3.56. The maximum Gasteiger partial charge on any atom is 0.329 e. The van der Waals surface area contributed by atoms with Crippen LogP contribution in [0.1, 0.15) is 19.8 Å². The maximum atomic E-state index is 11.5. The van der Waals surface area contributed by atoms with E-state index in [1.807, 2.05) is 0 Å². The standard InChI is InChI=1S/C10H17NO4S/c1-2-15-7-8(12)11-10(9(13)14)3-5-16-6-4-10/h2-7H2,1H3,(H,11,12)(H,13,14). The van der Waals surface area contributed by atoms with Gasteiger partial charge in [0.25, 0.3) is 0 Å². The summed E-state index contributed by atoms with van der Waals surface area (Å²) < 4.78 is 4.95. The van der Waals surface area contributed by atoms with Crippen molar-refractivity contribution >= 4 is 23.6 Å². The lowest BCUT2D eigenvalue weighted by Gasteiger charge is -2.33. The number of amides is 1. The Bertz CT molecular complexity index is 264. The predicted molar refractivity (Wildman–Crippen MR) is 61.6 cm³/mol. The molecule has 0 aromatic heterocycles. The molecule has 0 bridgehead atoms. The minimum Gasteiger partial charge on any atom is -0.480 e. The van der Waals surface area contributed by atoms with Gasteiger partial charge in [0.05, 0.1) is 0 Å². The second kappa shape index (κ2) is 6.10. The summed E-state index contributed by atoms with van der Waals surface area (Å²) in [5.74, 6) is 0.233. The van der Waals surface area contributed by atoms with E-state index in [0.717, 1.165) is 11.5 Å². The average molecular weight is 247 g/mol. The minimum atomic E-state index is -1.08. The summed E-state index contributed by atoms with van der Waals surface area (Å²) in [5, 5.41) is 11.8. The van der Waals surface area contributed by atoms with Gasteiger partial charge < -0.3 is 15.2 Å². The third kappa shape index (κ3) is 3.38. The lowest BCUT2D eigenvalue weighted by Crippen LogP contribution is -2.57. The summed E-state index contributed by atoms with van der Waals surface area (Å²) in [7, 11) is 0. The molecule has 0 spiro atoms. The molecule has 1 heterocycles. The zero-order valence-corrected chi connectivity index (χ0v) is 10.1. The van der Waals surface area contributed by atoms with Crippen LogP contribution in [-0.4, -0.2) is 47.2 Å². The van der Waals surface area contributed by atoms with Gasteiger partial charge in [-0.05, 0) is 31.3 Å². The van der Waals surface area contributed by atoms with E-state index >= 15 is 0 Å². The molecule has 6 heteroatoms. The van der Waals surface area contributed by atoms with Gasteiger partial charge in [-0.1, -0.05) is 0 Å². The Kier molecular flexibility index (Phi) is 5.08. The Hall–Kier alpha value is -0.750. The topological polar surface area (TPSA) is 75.6 Å². The Balaban J connectivity index is 2.56. The molecule has 5 nitrogen and oxygen atoms in total. The van der Waals surface area contributed by atoms with Gasteiger partial charge in [-0.25, -0.2) is 4.79 Å². The van der Waals surface area contributed by atoms with Gasteiger partial charge in [-0.15, -0.1) is 0 Å². The second-order valence-electron chi connectivity index (χ2n) is 3.68. The molecule has 0 radical (unpaired) electrons. The molecule has 1 amide bonds. The molecule has 0 unspecified atom stereocenters. The van der Waals surface area contributed by atoms with E-state index in [4.69, 9.17) is 4.74 Å². The SMILES string of the molecule is CCOCC(=O)NC1(C(=O)O)CCSCC1. The zero-order valence-electron chi connectivity index (χ0n) is 9.32. The summed E-state index contributed by atoms with van der Waals surface area (Å²) >= 11 is 1.71. The summed E-state index contributed by atoms with van der Waals surface area (Å²) in [5.41, 5.74) is -1.08. The van der Waals surface area contributed by atoms with Crippen LogP contribution in [0, 0.1) is 0 Å². The molecule has 0 aromatic carbocycles. The molecule has 0 aromatic rings. The summed E-state index contributed by atoms with van der Waals surface area (Å²) in [6.07, 6.45) is 0.954. The van der Waals surface area contributed by atoms with E-state index in [1.54, 1.807) is 18.7 Å². The number of aliphatic carboxylic acids is 1. The smallest absolute Gasteiger partial charge is 0.329 e. The number of ether oxygens (including phenoxy) is 1. The first-order valence-electron chi connectivity index (χ1n) is 5.30. The van der Waals surface area contributed by atoms with Crippen LogP contribution in [-0.2, 0) is 14.3 Å². The van der Waals surface area contributed by atoms with Crippen LogP contribution in [0.5, 0.6) is 0 Å². The molecule has 0 atom stereocenters. The fourth-order valence-electron chi connectivity index (χ4n) is 1.61. The van der Waals surface area contributed by atoms with Crippen molar-refractivity contribution in [1.29, 1.82) is 0 Å². The number of rotatable bonds is 5. The first-order chi connectivity index (χ1) is 7.60. The average Bonchev–Trinajstić information content (AvgIpc) is 2.27. The van der Waals surface area contributed by atoms with Crippen LogP contribution in [0.4, 0.5) is 0 Å². The number of carboxylic acids is 1. The Morgan fingerprint density at radius 1 is 1.44 bits per heavy atom. The van der Waals surface area contributed by atoms with E-state index in [0.29, 0.717) is 19.4 Å². The number of hydrogen-bond donors (Lipinski definition) is 2. The molecule has 1 saturated heterocycles. The number of thioether (sulfide) groups is 1. The molecular weight excluding hydrogens is 230 g/mol. The first-order valence-corrected chi connectivity index (χ1v) is 6.46. The van der Waals surface area contributed by atoms with Crippen molar-refractivity contribution in [2.45, 2.75) is 25.3 Å². The molecule has 0 saturated carbocycles. The van der Waals surface area contributed by atoms with Crippen molar-refractivity contribution in [1.82, 2.24) is 5.32 Å². The van der Waals surface area contributed by atoms with Crippen molar-refractivity contribution in [3.63, 3.8) is 0 Å². The minimum absolute atomic E-state index is 0.0708. The molecule has 1 aliphatic rings. The highest BCUT2D eigenvalue weighted by atomic mass is 32.2. The van der Waals surface area contributed by atoms with Crippen LogP contribution in [0.15, 0.2) is 0 Å². The van der Waals surface area contributed by atoms with Gasteiger partial charge in [0.1, 0.15) is 12.1 Å². The highest BCUT2D eigenvalue weighted by Gasteiger charge is 2.41. The third-order valence-electron chi connectivity index (χ3n) is 2.57. The molecule has 1 rings (SSSR count). The fourth-order valence-corrected chi connectivity index (χ4v) is 2.80. The lowest BCUT2D eigenvalue weighted by molar-refractivity contribution is -0.148. The summed E-state index contributed by atoms with van der Waals surface area (Å²) in [6.45, 7) is 2.17. The van der Waals surface area contributed by atoms with Crippen LogP contribution in [0.3, 0.4) is 0 Å². The van der Waals surface area contributed by atoms with Gasteiger partial charge >= 0.3 is 5.97 Å². The van der Waals surface area contributed by atoms with Crippen molar-refractivity contribution < 1.29 is 19.4 Å². The molecule has 16 heavy (non-hydrogen) atoms. The van der Waals surface area contributed by atoms with E-state index < -0.39 is 11.5 Å². The van der Waals surface area contributed by atoms with Gasteiger partial charge in [0.15, 0.2) is 0 Å². The summed E-state index contributed by atoms with van der Waals surface area (Å²) in [6, 6.07) is 0. The largest absolute Gasteiger partial charge is 0.480 e. The predicted octanol–water partition coefficient (Wildman–Crippen LogP) is 0.489. The Morgan fingerprint density at radius 3 is 2.56 bits per heavy atom. The van der Waals surface area contributed by atoms with Crippen LogP contribution < -0.4 is 5.32 Å². The van der Waals surface area contributed by atoms with Crippen LogP contribution in [0.25, 0.3) is 0 Å². The summed E-state index contributed by atoms with van der Waals surface area (Å²) in [4.78, 5) is 22.7. The molecule has 92 valence electrons. The molecule has 1 fully saturated rings. The van der Waals surface area contributed by atoms with Crippen LogP contribution in [0.2, 0.25) is 0 Å². The number of nitrogens with one attached hydrogen (secondary N) is 1. The van der Waals surface area contributed by atoms with Crippen molar-refractivity contribution in [2.24, 2.45) is 0 Å². The molecule has 1 aliphatic heterocycles. The van der Waals surface area contributed by atoms with Gasteiger partial charge in [0.2, 0.25) is 5.91 Å². The Morgan fingerprint density at radius 2 is 2.06 bits per heavy atom. The zero-order chi connectivity index (χ0) is 12.0. The normalized spacial score (nSPS) is 19.1. The fraction of sp³-hybridized carbons (Fsp3) is 0.800. The van der Waals surface area contributed by atoms with Gasteiger partial charge in [-0.3, -0.25) is 4.79 Å². The number of hydrogen-bond acceptors (Lipinski definition) is 4.